The minimum absolute atomic E-state index is 0.101. The fraction of sp³-hybridized carbons (Fsp3) is 0.400. The SMILES string of the molecule is CS(=O)(=O)c1ccc(C2OCCO2)c([N+](=O)[O-])c1. The molecule has 18 heavy (non-hydrogen) atoms. The molecule has 1 aromatic rings. The highest BCUT2D eigenvalue weighted by Crippen LogP contribution is 2.32. The van der Waals surface area contributed by atoms with E-state index in [0.29, 0.717) is 13.2 Å². The van der Waals surface area contributed by atoms with Crippen LogP contribution in [0.2, 0.25) is 0 Å². The normalized spacial score (nSPS) is 16.9. The van der Waals surface area contributed by atoms with Gasteiger partial charge in [0.05, 0.1) is 28.6 Å². The van der Waals surface area contributed by atoms with E-state index in [1.54, 1.807) is 0 Å². The second-order valence-electron chi connectivity index (χ2n) is 3.82. The second-order valence-corrected chi connectivity index (χ2v) is 5.84. The molecule has 0 aliphatic carbocycles. The Hall–Kier alpha value is -1.51. The molecule has 1 heterocycles. The Morgan fingerprint density at radius 3 is 2.44 bits per heavy atom. The fourth-order valence-electron chi connectivity index (χ4n) is 1.65. The first-order valence-corrected chi connectivity index (χ1v) is 7.00. The van der Waals surface area contributed by atoms with Crippen LogP contribution in [0.5, 0.6) is 0 Å². The Balaban J connectivity index is 2.51. The van der Waals surface area contributed by atoms with Gasteiger partial charge >= 0.3 is 0 Å². The molecule has 0 aromatic heterocycles. The number of benzene rings is 1. The van der Waals surface area contributed by atoms with E-state index in [1.807, 2.05) is 0 Å². The summed E-state index contributed by atoms with van der Waals surface area (Å²) in [5, 5.41) is 11.0. The van der Waals surface area contributed by atoms with Crippen LogP contribution in [0.4, 0.5) is 5.69 Å². The van der Waals surface area contributed by atoms with Crippen LogP contribution in [-0.4, -0.2) is 32.8 Å². The molecule has 2 rings (SSSR count). The van der Waals surface area contributed by atoms with Crippen molar-refractivity contribution in [1.82, 2.24) is 0 Å². The number of nitro groups is 1. The van der Waals surface area contributed by atoms with Crippen LogP contribution in [0.1, 0.15) is 11.9 Å². The molecule has 1 aliphatic heterocycles. The van der Waals surface area contributed by atoms with Gasteiger partial charge in [0.1, 0.15) is 0 Å². The van der Waals surface area contributed by atoms with Gasteiger partial charge in [0.15, 0.2) is 16.1 Å². The topological polar surface area (TPSA) is 95.7 Å². The van der Waals surface area contributed by atoms with Gasteiger partial charge in [-0.25, -0.2) is 8.42 Å². The van der Waals surface area contributed by atoms with Crippen molar-refractivity contribution in [2.75, 3.05) is 19.5 Å². The molecule has 1 saturated heterocycles. The Morgan fingerprint density at radius 1 is 1.33 bits per heavy atom. The molecule has 7 nitrogen and oxygen atoms in total. The average molecular weight is 273 g/mol. The molecule has 0 unspecified atom stereocenters. The van der Waals surface area contributed by atoms with Gasteiger partial charge in [0, 0.05) is 12.3 Å². The number of ether oxygens (including phenoxy) is 2. The summed E-state index contributed by atoms with van der Waals surface area (Å²) in [7, 11) is -3.49. The molecule has 0 atom stereocenters. The molecule has 98 valence electrons. The van der Waals surface area contributed by atoms with E-state index in [1.165, 1.54) is 12.1 Å². The quantitative estimate of drug-likeness (QED) is 0.603. The van der Waals surface area contributed by atoms with Gasteiger partial charge < -0.3 is 9.47 Å². The smallest absolute Gasteiger partial charge is 0.279 e. The zero-order valence-corrected chi connectivity index (χ0v) is 10.3. The molecule has 0 amide bonds. The second kappa shape index (κ2) is 4.63. The summed E-state index contributed by atoms with van der Waals surface area (Å²) in [6.07, 6.45) is 0.188. The number of hydrogen-bond donors (Lipinski definition) is 0. The predicted molar refractivity (Wildman–Crippen MR) is 60.9 cm³/mol. The zero-order valence-electron chi connectivity index (χ0n) is 9.53. The van der Waals surface area contributed by atoms with E-state index in [9.17, 15) is 18.5 Å². The lowest BCUT2D eigenvalue weighted by molar-refractivity contribution is -0.387. The highest BCUT2D eigenvalue weighted by atomic mass is 32.2. The van der Waals surface area contributed by atoms with Gasteiger partial charge in [-0.15, -0.1) is 0 Å². The minimum atomic E-state index is -3.49. The lowest BCUT2D eigenvalue weighted by Gasteiger charge is -2.10. The summed E-state index contributed by atoms with van der Waals surface area (Å²) >= 11 is 0. The van der Waals surface area contributed by atoms with Gasteiger partial charge in [-0.05, 0) is 12.1 Å². The van der Waals surface area contributed by atoms with Crippen LogP contribution in [0, 0.1) is 10.1 Å². The van der Waals surface area contributed by atoms with Crippen molar-refractivity contribution in [1.29, 1.82) is 0 Å². The van der Waals surface area contributed by atoms with Crippen molar-refractivity contribution in [3.8, 4) is 0 Å². The molecular weight excluding hydrogens is 262 g/mol. The van der Waals surface area contributed by atoms with E-state index >= 15 is 0 Å². The van der Waals surface area contributed by atoms with Crippen LogP contribution in [0.15, 0.2) is 23.1 Å². The summed E-state index contributed by atoms with van der Waals surface area (Å²) in [6, 6.07) is 3.68. The molecule has 1 aromatic carbocycles. The lowest BCUT2D eigenvalue weighted by atomic mass is 10.2. The molecular formula is C10H11NO6S. The monoisotopic (exact) mass is 273 g/mol. The molecule has 0 saturated carbocycles. The van der Waals surface area contributed by atoms with Crippen LogP contribution >= 0.6 is 0 Å². The van der Waals surface area contributed by atoms with E-state index < -0.39 is 21.1 Å². The van der Waals surface area contributed by atoms with Gasteiger partial charge in [-0.3, -0.25) is 10.1 Å². The third kappa shape index (κ3) is 2.50. The van der Waals surface area contributed by atoms with Crippen LogP contribution in [0.25, 0.3) is 0 Å². The van der Waals surface area contributed by atoms with E-state index in [4.69, 9.17) is 9.47 Å². The van der Waals surface area contributed by atoms with Gasteiger partial charge in [0.2, 0.25) is 0 Å². The van der Waals surface area contributed by atoms with Crippen molar-refractivity contribution < 1.29 is 22.8 Å². The maximum Gasteiger partial charge on any atom is 0.279 e. The van der Waals surface area contributed by atoms with E-state index in [0.717, 1.165) is 12.3 Å². The van der Waals surface area contributed by atoms with Gasteiger partial charge in [-0.2, -0.15) is 0 Å². The highest BCUT2D eigenvalue weighted by Gasteiger charge is 2.28. The Labute approximate surface area is 103 Å². The molecule has 8 heteroatoms. The number of nitro benzene ring substituents is 1. The molecule has 1 aliphatic rings. The number of hydrogen-bond acceptors (Lipinski definition) is 6. The largest absolute Gasteiger partial charge is 0.346 e. The summed E-state index contributed by atoms with van der Waals surface area (Å²) in [5.74, 6) is 0. The number of sulfone groups is 1. The number of nitrogens with zero attached hydrogens (tertiary/aromatic N) is 1. The maximum atomic E-state index is 11.4. The first-order chi connectivity index (χ1) is 8.39. The molecule has 0 radical (unpaired) electrons. The van der Waals surface area contributed by atoms with Crippen molar-refractivity contribution in [2.45, 2.75) is 11.2 Å². The maximum absolute atomic E-state index is 11.4. The van der Waals surface area contributed by atoms with Gasteiger partial charge in [-0.1, -0.05) is 0 Å². The number of rotatable bonds is 3. The standard InChI is InChI=1S/C10H11NO6S/c1-18(14,15)7-2-3-8(9(6-7)11(12)13)10-16-4-5-17-10/h2-3,6,10H,4-5H2,1H3. The Kier molecular flexibility index (Phi) is 3.33. The minimum Gasteiger partial charge on any atom is -0.346 e. The third-order valence-electron chi connectivity index (χ3n) is 2.50. The van der Waals surface area contributed by atoms with Gasteiger partial charge in [0.25, 0.3) is 5.69 Å². The van der Waals surface area contributed by atoms with E-state index in [-0.39, 0.29) is 16.1 Å². The first kappa shape index (κ1) is 12.9. The molecule has 0 spiro atoms. The summed E-state index contributed by atoms with van der Waals surface area (Å²) in [5.41, 5.74) is -0.0882. The lowest BCUT2D eigenvalue weighted by Crippen LogP contribution is -2.05. The van der Waals surface area contributed by atoms with E-state index in [2.05, 4.69) is 0 Å². The fourth-order valence-corrected chi connectivity index (χ4v) is 2.29. The van der Waals surface area contributed by atoms with Crippen LogP contribution < -0.4 is 0 Å². The molecule has 0 N–H and O–H groups in total. The van der Waals surface area contributed by atoms with Crippen molar-refractivity contribution >= 4 is 15.5 Å². The summed E-state index contributed by atoms with van der Waals surface area (Å²) in [6.45, 7) is 0.714. The van der Waals surface area contributed by atoms with Crippen molar-refractivity contribution in [2.24, 2.45) is 0 Å². The third-order valence-corrected chi connectivity index (χ3v) is 3.61. The first-order valence-electron chi connectivity index (χ1n) is 5.11. The Bertz CT molecular complexity index is 576. The van der Waals surface area contributed by atoms with Crippen LogP contribution in [-0.2, 0) is 19.3 Å². The van der Waals surface area contributed by atoms with Crippen LogP contribution in [0.3, 0.4) is 0 Å². The van der Waals surface area contributed by atoms with Crippen molar-refractivity contribution in [3.63, 3.8) is 0 Å². The summed E-state index contributed by atoms with van der Waals surface area (Å²) in [4.78, 5) is 10.2. The predicted octanol–water partition coefficient (Wildman–Crippen LogP) is 1.04. The highest BCUT2D eigenvalue weighted by molar-refractivity contribution is 7.90. The molecule has 1 fully saturated rings. The summed E-state index contributed by atoms with van der Waals surface area (Å²) < 4.78 is 33.1. The zero-order chi connectivity index (χ0) is 13.3. The molecule has 0 bridgehead atoms. The van der Waals surface area contributed by atoms with Crippen molar-refractivity contribution in [3.05, 3.63) is 33.9 Å². The Morgan fingerprint density at radius 2 is 1.94 bits per heavy atom. The average Bonchev–Trinajstić information content (AvgIpc) is 2.80.